The largest absolute Gasteiger partial charge is 0.354 e. The fourth-order valence-corrected chi connectivity index (χ4v) is 3.67. The van der Waals surface area contributed by atoms with Crippen LogP contribution in [0.2, 0.25) is 0 Å². The molecule has 29 heavy (non-hydrogen) atoms. The first-order valence-corrected chi connectivity index (χ1v) is 11.7. The molecule has 0 aliphatic heterocycles. The molecule has 0 aliphatic rings. The van der Waals surface area contributed by atoms with Crippen molar-refractivity contribution in [2.45, 2.75) is 52.0 Å². The minimum atomic E-state index is -3.24. The highest BCUT2D eigenvalue weighted by Gasteiger charge is 2.09. The second-order valence-electron chi connectivity index (χ2n) is 6.92. The van der Waals surface area contributed by atoms with Crippen molar-refractivity contribution in [3.63, 3.8) is 0 Å². The summed E-state index contributed by atoms with van der Waals surface area (Å²) >= 11 is 0. The molecule has 1 rings (SSSR count). The van der Waals surface area contributed by atoms with Gasteiger partial charge in [0, 0.05) is 19.6 Å². The Morgan fingerprint density at radius 1 is 1.14 bits per heavy atom. The minimum Gasteiger partial charge on any atom is -0.354 e. The van der Waals surface area contributed by atoms with Crippen LogP contribution in [0.25, 0.3) is 0 Å². The van der Waals surface area contributed by atoms with Crippen LogP contribution in [-0.2, 0) is 22.3 Å². The molecule has 0 fully saturated rings. The molecule has 0 amide bonds. The van der Waals surface area contributed by atoms with Crippen molar-refractivity contribution in [2.75, 3.05) is 33.7 Å². The number of nitrogens with zero attached hydrogens (tertiary/aromatic N) is 2. The van der Waals surface area contributed by atoms with E-state index in [4.69, 9.17) is 0 Å². The lowest BCUT2D eigenvalue weighted by molar-refractivity contribution is 0.292. The van der Waals surface area contributed by atoms with E-state index in [9.17, 15) is 8.42 Å². The van der Waals surface area contributed by atoms with Crippen LogP contribution in [0.15, 0.2) is 29.3 Å². The van der Waals surface area contributed by atoms with Gasteiger partial charge in [0.2, 0.25) is 10.0 Å². The van der Waals surface area contributed by atoms with Gasteiger partial charge in [-0.05, 0) is 57.6 Å². The lowest BCUT2D eigenvalue weighted by Gasteiger charge is -2.21. The Balaban J connectivity index is 0.00000784. The summed E-state index contributed by atoms with van der Waals surface area (Å²) in [6.45, 7) is 10.5. The van der Waals surface area contributed by atoms with Crippen LogP contribution in [0.5, 0.6) is 0 Å². The third-order valence-electron chi connectivity index (χ3n) is 4.76. The van der Waals surface area contributed by atoms with Gasteiger partial charge in [-0.1, -0.05) is 38.1 Å². The summed E-state index contributed by atoms with van der Waals surface area (Å²) < 4.78 is 25.5. The average Bonchev–Trinajstić information content (AvgIpc) is 2.69. The summed E-state index contributed by atoms with van der Waals surface area (Å²) in [5.41, 5.74) is 1.84. The first kappa shape index (κ1) is 28.1. The van der Waals surface area contributed by atoms with Crippen molar-refractivity contribution in [2.24, 2.45) is 4.99 Å². The van der Waals surface area contributed by atoms with E-state index in [-0.39, 0.29) is 29.7 Å². The third-order valence-corrected chi connectivity index (χ3v) is 6.10. The fourth-order valence-electron chi connectivity index (χ4n) is 2.89. The number of nitrogens with one attached hydrogen (secondary N) is 3. The van der Waals surface area contributed by atoms with Crippen molar-refractivity contribution in [1.29, 1.82) is 0 Å². The normalized spacial score (nSPS) is 13.1. The molecule has 3 N–H and O–H groups in total. The molecular weight excluding hydrogens is 501 g/mol. The molecular formula is C20H38IN5O2S. The Kier molecular flexibility index (Phi) is 14.5. The van der Waals surface area contributed by atoms with E-state index in [0.29, 0.717) is 12.6 Å². The van der Waals surface area contributed by atoms with Crippen molar-refractivity contribution in [3.05, 3.63) is 35.4 Å². The smallest absolute Gasteiger partial charge is 0.215 e. The van der Waals surface area contributed by atoms with Gasteiger partial charge in [-0.25, -0.2) is 13.1 Å². The first-order chi connectivity index (χ1) is 13.3. The number of hydrogen-bond donors (Lipinski definition) is 3. The van der Waals surface area contributed by atoms with E-state index in [1.165, 1.54) is 7.05 Å². The summed E-state index contributed by atoms with van der Waals surface area (Å²) in [4.78, 5) is 6.73. The summed E-state index contributed by atoms with van der Waals surface area (Å²) in [6, 6.07) is 7.91. The number of rotatable bonds is 12. The van der Waals surface area contributed by atoms with Crippen LogP contribution in [0, 0.1) is 0 Å². The summed E-state index contributed by atoms with van der Waals surface area (Å²) in [5.74, 6) is 0.767. The number of sulfonamides is 1. The van der Waals surface area contributed by atoms with Crippen LogP contribution in [0.3, 0.4) is 0 Å². The van der Waals surface area contributed by atoms with Gasteiger partial charge >= 0.3 is 0 Å². The maximum atomic E-state index is 11.6. The summed E-state index contributed by atoms with van der Waals surface area (Å²) in [6.07, 6.45) is 2.25. The standard InChI is InChI=1S/C20H37N5O2S.HI/c1-6-25(7-2)14-8-9-17(3)24-20(21-4)23-15-18-10-12-19(13-11-18)16-28(26,27)22-5;/h10-13,17,22H,6-9,14-16H2,1-5H3,(H2,21,23,24);1H. The number of benzene rings is 1. The molecule has 0 saturated carbocycles. The van der Waals surface area contributed by atoms with E-state index in [2.05, 4.69) is 46.0 Å². The van der Waals surface area contributed by atoms with Crippen molar-refractivity contribution < 1.29 is 8.42 Å². The Bertz CT molecular complexity index is 691. The number of guanidine groups is 1. The molecule has 0 aliphatic carbocycles. The first-order valence-electron chi connectivity index (χ1n) is 10.0. The second kappa shape index (κ2) is 15.0. The molecule has 0 saturated heterocycles. The molecule has 0 heterocycles. The van der Waals surface area contributed by atoms with Crippen molar-refractivity contribution in [3.8, 4) is 0 Å². The topological polar surface area (TPSA) is 85.8 Å². The average molecular weight is 540 g/mol. The Morgan fingerprint density at radius 2 is 1.72 bits per heavy atom. The zero-order chi connectivity index (χ0) is 21.0. The molecule has 168 valence electrons. The van der Waals surface area contributed by atoms with E-state index >= 15 is 0 Å². The Labute approximate surface area is 194 Å². The molecule has 9 heteroatoms. The van der Waals surface area contributed by atoms with Crippen LogP contribution in [-0.4, -0.2) is 59.0 Å². The highest BCUT2D eigenvalue weighted by atomic mass is 127. The lowest BCUT2D eigenvalue weighted by atomic mass is 10.1. The van der Waals surface area contributed by atoms with Gasteiger partial charge in [0.05, 0.1) is 5.75 Å². The van der Waals surface area contributed by atoms with Crippen molar-refractivity contribution >= 4 is 40.0 Å². The summed E-state index contributed by atoms with van der Waals surface area (Å²) in [7, 11) is -0.0482. The predicted molar refractivity (Wildman–Crippen MR) is 133 cm³/mol. The second-order valence-corrected chi connectivity index (χ2v) is 8.85. The number of hydrogen-bond acceptors (Lipinski definition) is 4. The maximum Gasteiger partial charge on any atom is 0.215 e. The van der Waals surface area contributed by atoms with Crippen LogP contribution >= 0.6 is 24.0 Å². The molecule has 1 unspecified atom stereocenters. The number of halogens is 1. The van der Waals surface area contributed by atoms with Gasteiger partial charge in [0.25, 0.3) is 0 Å². The SMILES string of the molecule is CCN(CC)CCCC(C)NC(=NC)NCc1ccc(CS(=O)(=O)NC)cc1.I. The molecule has 0 bridgehead atoms. The van der Waals surface area contributed by atoms with E-state index in [0.717, 1.165) is 49.6 Å². The summed E-state index contributed by atoms with van der Waals surface area (Å²) in [5, 5.41) is 6.74. The monoisotopic (exact) mass is 539 g/mol. The molecule has 1 aromatic carbocycles. The molecule has 1 aromatic rings. The number of aliphatic imine (C=N–C) groups is 1. The molecule has 1 atom stereocenters. The molecule has 0 aromatic heterocycles. The quantitative estimate of drug-likeness (QED) is 0.216. The zero-order valence-electron chi connectivity index (χ0n) is 18.4. The minimum absolute atomic E-state index is 0. The van der Waals surface area contributed by atoms with E-state index in [1.807, 2.05) is 24.3 Å². The van der Waals surface area contributed by atoms with Crippen LogP contribution in [0.4, 0.5) is 0 Å². The molecule has 0 spiro atoms. The maximum absolute atomic E-state index is 11.6. The predicted octanol–water partition coefficient (Wildman–Crippen LogP) is 2.53. The van der Waals surface area contributed by atoms with Gasteiger partial charge in [-0.2, -0.15) is 0 Å². The van der Waals surface area contributed by atoms with E-state index in [1.54, 1.807) is 7.05 Å². The van der Waals surface area contributed by atoms with Crippen LogP contribution < -0.4 is 15.4 Å². The van der Waals surface area contributed by atoms with Gasteiger partial charge < -0.3 is 15.5 Å². The van der Waals surface area contributed by atoms with Crippen molar-refractivity contribution in [1.82, 2.24) is 20.3 Å². The Morgan fingerprint density at radius 3 is 2.24 bits per heavy atom. The van der Waals surface area contributed by atoms with E-state index < -0.39 is 10.0 Å². The van der Waals surface area contributed by atoms with Gasteiger partial charge in [0.15, 0.2) is 5.96 Å². The van der Waals surface area contributed by atoms with Gasteiger partial charge in [0.1, 0.15) is 0 Å². The molecule has 7 nitrogen and oxygen atoms in total. The highest BCUT2D eigenvalue weighted by molar-refractivity contribution is 14.0. The van der Waals surface area contributed by atoms with Gasteiger partial charge in [-0.15, -0.1) is 24.0 Å². The van der Waals surface area contributed by atoms with Gasteiger partial charge in [-0.3, -0.25) is 4.99 Å². The molecule has 0 radical (unpaired) electrons. The zero-order valence-corrected chi connectivity index (χ0v) is 21.5. The highest BCUT2D eigenvalue weighted by Crippen LogP contribution is 2.08. The fraction of sp³-hybridized carbons (Fsp3) is 0.650. The third kappa shape index (κ3) is 11.8. The Hall–Kier alpha value is -0.910. The lowest BCUT2D eigenvalue weighted by Crippen LogP contribution is -2.42. The van der Waals surface area contributed by atoms with Crippen LogP contribution in [0.1, 0.15) is 44.7 Å².